The highest BCUT2D eigenvalue weighted by Gasteiger charge is 2.32. The molecular formula is C25H33N3O7S. The number of anilines is 1. The van der Waals surface area contributed by atoms with Crippen LogP contribution in [0.2, 0.25) is 0 Å². The van der Waals surface area contributed by atoms with Gasteiger partial charge in [0.2, 0.25) is 21.8 Å². The number of carbonyl (C=O) groups is 2. The SMILES string of the molecule is CCNC(=O)[C@@H](CC)N(Cc1ccc(OC)cc1)C(=O)CN(c1ccc2c(c1)OCCO2)S(C)(=O)=O. The maximum absolute atomic E-state index is 13.7. The van der Waals surface area contributed by atoms with E-state index in [9.17, 15) is 18.0 Å². The minimum Gasteiger partial charge on any atom is -0.497 e. The van der Waals surface area contributed by atoms with Crippen molar-refractivity contribution in [1.29, 1.82) is 0 Å². The second kappa shape index (κ2) is 12.0. The van der Waals surface area contributed by atoms with Gasteiger partial charge in [0.15, 0.2) is 11.5 Å². The van der Waals surface area contributed by atoms with Gasteiger partial charge < -0.3 is 24.4 Å². The Labute approximate surface area is 212 Å². The second-order valence-corrected chi connectivity index (χ2v) is 10.2. The largest absolute Gasteiger partial charge is 0.497 e. The van der Waals surface area contributed by atoms with Gasteiger partial charge in [-0.1, -0.05) is 19.1 Å². The van der Waals surface area contributed by atoms with Gasteiger partial charge in [0.25, 0.3) is 0 Å². The first kappa shape index (κ1) is 27.1. The van der Waals surface area contributed by atoms with E-state index in [1.165, 1.54) is 11.0 Å². The van der Waals surface area contributed by atoms with Crippen molar-refractivity contribution in [3.63, 3.8) is 0 Å². The van der Waals surface area contributed by atoms with Crippen LogP contribution in [0.3, 0.4) is 0 Å². The molecule has 1 aliphatic rings. The van der Waals surface area contributed by atoms with Crippen LogP contribution in [0.15, 0.2) is 42.5 Å². The summed E-state index contributed by atoms with van der Waals surface area (Å²) in [5, 5.41) is 2.77. The van der Waals surface area contributed by atoms with E-state index < -0.39 is 28.5 Å². The van der Waals surface area contributed by atoms with E-state index in [4.69, 9.17) is 14.2 Å². The summed E-state index contributed by atoms with van der Waals surface area (Å²) in [4.78, 5) is 27.9. The number of hydrogen-bond acceptors (Lipinski definition) is 7. The number of rotatable bonds is 11. The van der Waals surface area contributed by atoms with Crippen molar-refractivity contribution in [3.05, 3.63) is 48.0 Å². The lowest BCUT2D eigenvalue weighted by Crippen LogP contribution is -2.52. The summed E-state index contributed by atoms with van der Waals surface area (Å²) in [6.07, 6.45) is 1.39. The van der Waals surface area contributed by atoms with Crippen LogP contribution in [-0.4, -0.2) is 70.8 Å². The monoisotopic (exact) mass is 519 g/mol. The van der Waals surface area contributed by atoms with Gasteiger partial charge in [-0.2, -0.15) is 0 Å². The van der Waals surface area contributed by atoms with Crippen molar-refractivity contribution < 1.29 is 32.2 Å². The van der Waals surface area contributed by atoms with E-state index in [2.05, 4.69) is 5.32 Å². The smallest absolute Gasteiger partial charge is 0.244 e. The summed E-state index contributed by atoms with van der Waals surface area (Å²) >= 11 is 0. The minimum absolute atomic E-state index is 0.122. The average molecular weight is 520 g/mol. The van der Waals surface area contributed by atoms with E-state index >= 15 is 0 Å². The molecule has 36 heavy (non-hydrogen) atoms. The maximum atomic E-state index is 13.7. The minimum atomic E-state index is -3.85. The van der Waals surface area contributed by atoms with Gasteiger partial charge in [-0.25, -0.2) is 8.42 Å². The third kappa shape index (κ3) is 6.60. The fourth-order valence-corrected chi connectivity index (χ4v) is 4.78. The topological polar surface area (TPSA) is 114 Å². The third-order valence-electron chi connectivity index (χ3n) is 5.74. The summed E-state index contributed by atoms with van der Waals surface area (Å²) in [5.41, 5.74) is 1.04. The summed E-state index contributed by atoms with van der Waals surface area (Å²) in [6, 6.07) is 11.1. The summed E-state index contributed by atoms with van der Waals surface area (Å²) < 4.78 is 42.8. The van der Waals surface area contributed by atoms with Gasteiger partial charge in [-0.15, -0.1) is 0 Å². The number of amides is 2. The molecule has 0 spiro atoms. The van der Waals surface area contributed by atoms with Gasteiger partial charge in [-0.3, -0.25) is 13.9 Å². The van der Waals surface area contributed by atoms with Crippen LogP contribution in [0.4, 0.5) is 5.69 Å². The van der Waals surface area contributed by atoms with Gasteiger partial charge in [0.1, 0.15) is 31.5 Å². The molecule has 0 saturated carbocycles. The quantitative estimate of drug-likeness (QED) is 0.484. The number of hydrogen-bond donors (Lipinski definition) is 1. The van der Waals surface area contributed by atoms with E-state index in [0.717, 1.165) is 16.1 Å². The Kier molecular flexibility index (Phi) is 9.03. The zero-order valence-corrected chi connectivity index (χ0v) is 21.8. The number of nitrogens with zero attached hydrogens (tertiary/aromatic N) is 2. The van der Waals surface area contributed by atoms with Crippen LogP contribution in [0.1, 0.15) is 25.8 Å². The maximum Gasteiger partial charge on any atom is 0.244 e. The molecule has 0 unspecified atom stereocenters. The van der Waals surface area contributed by atoms with Gasteiger partial charge in [0.05, 0.1) is 19.1 Å². The fourth-order valence-electron chi connectivity index (χ4n) is 3.94. The number of ether oxygens (including phenoxy) is 3. The second-order valence-electron chi connectivity index (χ2n) is 8.29. The van der Waals surface area contributed by atoms with Crippen LogP contribution in [-0.2, 0) is 26.2 Å². The Morgan fingerprint density at radius 1 is 1.06 bits per heavy atom. The Bertz CT molecular complexity index is 1170. The Balaban J connectivity index is 1.94. The van der Waals surface area contributed by atoms with Crippen molar-refractivity contribution in [1.82, 2.24) is 10.2 Å². The Morgan fingerprint density at radius 2 is 1.72 bits per heavy atom. The molecule has 11 heteroatoms. The molecule has 1 N–H and O–H groups in total. The number of fused-ring (bicyclic) bond motifs is 1. The number of methoxy groups -OCH3 is 1. The molecule has 0 fully saturated rings. The molecule has 1 heterocycles. The first-order valence-electron chi connectivity index (χ1n) is 11.7. The van der Waals surface area contributed by atoms with Crippen LogP contribution < -0.4 is 23.8 Å². The standard InChI is InChI=1S/C25H33N3O7S/c1-5-21(25(30)26-6-2)27(16-18-7-10-20(33-3)11-8-18)24(29)17-28(36(4,31)32)19-9-12-22-23(15-19)35-14-13-34-22/h7-12,15,21H,5-6,13-14,16-17H2,1-4H3,(H,26,30)/t21-/m1/s1. The first-order valence-corrected chi connectivity index (χ1v) is 13.6. The molecule has 3 rings (SSSR count). The van der Waals surface area contributed by atoms with E-state index in [-0.39, 0.29) is 18.1 Å². The highest BCUT2D eigenvalue weighted by atomic mass is 32.2. The van der Waals surface area contributed by atoms with Gasteiger partial charge in [0, 0.05) is 19.2 Å². The van der Waals surface area contributed by atoms with E-state index in [1.54, 1.807) is 50.4 Å². The van der Waals surface area contributed by atoms with E-state index in [0.29, 0.717) is 43.4 Å². The Hall–Kier alpha value is -3.47. The number of likely N-dealkylation sites (N-methyl/N-ethyl adjacent to an activating group) is 1. The molecule has 0 radical (unpaired) electrons. The van der Waals surface area contributed by atoms with Crippen LogP contribution >= 0.6 is 0 Å². The van der Waals surface area contributed by atoms with Crippen molar-refractivity contribution in [2.75, 3.05) is 44.0 Å². The Morgan fingerprint density at radius 3 is 2.31 bits per heavy atom. The third-order valence-corrected chi connectivity index (χ3v) is 6.88. The van der Waals surface area contributed by atoms with Crippen LogP contribution in [0.25, 0.3) is 0 Å². The lowest BCUT2D eigenvalue weighted by Gasteiger charge is -2.33. The molecule has 196 valence electrons. The molecule has 0 aliphatic carbocycles. The zero-order chi connectivity index (χ0) is 26.3. The zero-order valence-electron chi connectivity index (χ0n) is 21.0. The van der Waals surface area contributed by atoms with Crippen molar-refractivity contribution in [2.24, 2.45) is 0 Å². The average Bonchev–Trinajstić information content (AvgIpc) is 2.86. The number of benzene rings is 2. The highest BCUT2D eigenvalue weighted by molar-refractivity contribution is 7.92. The number of sulfonamides is 1. The molecule has 1 atom stereocenters. The summed E-state index contributed by atoms with van der Waals surface area (Å²) in [5.74, 6) is 0.766. The predicted octanol–water partition coefficient (Wildman–Crippen LogP) is 2.18. The molecular weight excluding hydrogens is 486 g/mol. The van der Waals surface area contributed by atoms with Crippen molar-refractivity contribution in [2.45, 2.75) is 32.9 Å². The van der Waals surface area contributed by atoms with Crippen LogP contribution in [0.5, 0.6) is 17.2 Å². The first-order chi connectivity index (χ1) is 17.2. The molecule has 2 aromatic carbocycles. The predicted molar refractivity (Wildman–Crippen MR) is 136 cm³/mol. The molecule has 0 bridgehead atoms. The van der Waals surface area contributed by atoms with Crippen molar-refractivity contribution in [3.8, 4) is 17.2 Å². The normalized spacial score (nSPS) is 13.4. The van der Waals surface area contributed by atoms with Gasteiger partial charge in [-0.05, 0) is 43.2 Å². The van der Waals surface area contributed by atoms with Gasteiger partial charge >= 0.3 is 0 Å². The lowest BCUT2D eigenvalue weighted by molar-refractivity contribution is -0.140. The highest BCUT2D eigenvalue weighted by Crippen LogP contribution is 2.34. The number of nitrogens with one attached hydrogen (secondary N) is 1. The fraction of sp³-hybridized carbons (Fsp3) is 0.440. The lowest BCUT2D eigenvalue weighted by atomic mass is 10.1. The summed E-state index contributed by atoms with van der Waals surface area (Å²) in [7, 11) is -2.29. The summed E-state index contributed by atoms with van der Waals surface area (Å²) in [6.45, 7) is 4.40. The molecule has 2 aromatic rings. The molecule has 2 amide bonds. The molecule has 1 aliphatic heterocycles. The number of carbonyl (C=O) groups excluding carboxylic acids is 2. The molecule has 0 aromatic heterocycles. The molecule has 10 nitrogen and oxygen atoms in total. The molecule has 0 saturated heterocycles. The van der Waals surface area contributed by atoms with Crippen LogP contribution in [0, 0.1) is 0 Å². The van der Waals surface area contributed by atoms with Crippen molar-refractivity contribution >= 4 is 27.5 Å². The van der Waals surface area contributed by atoms with E-state index in [1.807, 2.05) is 6.92 Å².